The number of aromatic nitrogens is 4. The molecule has 0 aliphatic rings. The van der Waals surface area contributed by atoms with Crippen molar-refractivity contribution in [3.63, 3.8) is 0 Å². The van der Waals surface area contributed by atoms with Crippen LogP contribution in [0.3, 0.4) is 0 Å². The van der Waals surface area contributed by atoms with Crippen LogP contribution in [0.5, 0.6) is 5.75 Å². The van der Waals surface area contributed by atoms with Gasteiger partial charge >= 0.3 is 0 Å². The summed E-state index contributed by atoms with van der Waals surface area (Å²) in [6.07, 6.45) is 1.69. The Bertz CT molecular complexity index is 1200. The summed E-state index contributed by atoms with van der Waals surface area (Å²) in [4.78, 5) is 12.8. The molecular weight excluding hydrogens is 390 g/mol. The maximum absolute atomic E-state index is 12.8. The van der Waals surface area contributed by atoms with Gasteiger partial charge in [-0.2, -0.15) is 5.10 Å². The fraction of sp³-hybridized carbons (Fsp3) is 0.143. The maximum atomic E-state index is 12.8. The van der Waals surface area contributed by atoms with Gasteiger partial charge in [0.15, 0.2) is 11.3 Å². The minimum absolute atomic E-state index is 0.185. The van der Waals surface area contributed by atoms with Crippen LogP contribution in [0, 0.1) is 6.92 Å². The Hall–Kier alpha value is -3.45. The SMILES string of the molecule is CCOc1ccccc1NC(=O)c1nnc2c(-c3cccc(Cl)c3)cnn2c1C. The number of hydrogen-bond donors (Lipinski definition) is 1. The topological polar surface area (TPSA) is 81.4 Å². The first kappa shape index (κ1) is 18.9. The van der Waals surface area contributed by atoms with Crippen molar-refractivity contribution in [1.82, 2.24) is 19.8 Å². The molecule has 0 atom stereocenters. The number of rotatable bonds is 5. The quantitative estimate of drug-likeness (QED) is 0.530. The number of halogens is 1. The number of ether oxygens (including phenoxy) is 1. The number of nitrogens with zero attached hydrogens (tertiary/aromatic N) is 4. The van der Waals surface area contributed by atoms with Gasteiger partial charge in [0, 0.05) is 10.6 Å². The summed E-state index contributed by atoms with van der Waals surface area (Å²) in [5, 5.41) is 16.3. The zero-order valence-electron chi connectivity index (χ0n) is 15.9. The molecule has 8 heteroatoms. The molecule has 0 saturated heterocycles. The van der Waals surface area contributed by atoms with E-state index < -0.39 is 0 Å². The fourth-order valence-electron chi connectivity index (χ4n) is 3.06. The van der Waals surface area contributed by atoms with Gasteiger partial charge in [-0.3, -0.25) is 4.79 Å². The average Bonchev–Trinajstić information content (AvgIpc) is 3.15. The molecule has 7 nitrogen and oxygen atoms in total. The molecule has 29 heavy (non-hydrogen) atoms. The Morgan fingerprint density at radius 3 is 2.79 bits per heavy atom. The van der Waals surface area contributed by atoms with Crippen molar-refractivity contribution in [3.8, 4) is 16.9 Å². The number of amides is 1. The monoisotopic (exact) mass is 407 g/mol. The van der Waals surface area contributed by atoms with Gasteiger partial charge in [0.1, 0.15) is 5.75 Å². The lowest BCUT2D eigenvalue weighted by molar-refractivity contribution is 0.101. The molecule has 146 valence electrons. The smallest absolute Gasteiger partial charge is 0.278 e. The summed E-state index contributed by atoms with van der Waals surface area (Å²) in [5.74, 6) is 0.209. The molecule has 4 aromatic rings. The van der Waals surface area contributed by atoms with Crippen LogP contribution in [-0.4, -0.2) is 32.3 Å². The molecule has 0 bridgehead atoms. The van der Waals surface area contributed by atoms with Crippen molar-refractivity contribution >= 4 is 28.8 Å². The van der Waals surface area contributed by atoms with E-state index in [1.807, 2.05) is 37.3 Å². The van der Waals surface area contributed by atoms with Gasteiger partial charge < -0.3 is 10.1 Å². The predicted octanol–water partition coefficient (Wildman–Crippen LogP) is 4.40. The molecule has 2 heterocycles. The fourth-order valence-corrected chi connectivity index (χ4v) is 3.25. The van der Waals surface area contributed by atoms with Crippen LogP contribution in [-0.2, 0) is 0 Å². The van der Waals surface area contributed by atoms with Gasteiger partial charge in [0.05, 0.1) is 24.2 Å². The van der Waals surface area contributed by atoms with E-state index in [1.165, 1.54) is 0 Å². The number of anilines is 1. The third-order valence-corrected chi connectivity index (χ3v) is 4.67. The lowest BCUT2D eigenvalue weighted by Crippen LogP contribution is -2.19. The molecule has 0 aliphatic heterocycles. The Labute approximate surface area is 172 Å². The van der Waals surface area contributed by atoms with Crippen LogP contribution in [0.15, 0.2) is 54.7 Å². The number of aryl methyl sites for hydroxylation is 1. The normalized spacial score (nSPS) is 10.9. The van der Waals surface area contributed by atoms with Crippen molar-refractivity contribution in [3.05, 3.63) is 71.1 Å². The zero-order valence-corrected chi connectivity index (χ0v) is 16.6. The van der Waals surface area contributed by atoms with Crippen LogP contribution in [0.1, 0.15) is 23.1 Å². The van der Waals surface area contributed by atoms with Crippen LogP contribution in [0.25, 0.3) is 16.8 Å². The second-order valence-electron chi connectivity index (χ2n) is 6.32. The molecular formula is C21H18ClN5O2. The van der Waals surface area contributed by atoms with E-state index in [4.69, 9.17) is 16.3 Å². The van der Waals surface area contributed by atoms with Crippen molar-refractivity contribution in [2.75, 3.05) is 11.9 Å². The van der Waals surface area contributed by atoms with Gasteiger partial charge in [-0.05, 0) is 43.7 Å². The summed E-state index contributed by atoms with van der Waals surface area (Å²) in [7, 11) is 0. The number of fused-ring (bicyclic) bond motifs is 1. The number of carbonyl (C=O) groups is 1. The molecule has 0 aliphatic carbocycles. The van der Waals surface area contributed by atoms with Crippen molar-refractivity contribution in [1.29, 1.82) is 0 Å². The Balaban J connectivity index is 1.69. The Kier molecular flexibility index (Phi) is 5.14. The standard InChI is InChI=1S/C21H18ClN5O2/c1-3-29-18-10-5-4-9-17(18)24-21(28)19-13(2)27-20(26-25-19)16(12-23-27)14-7-6-8-15(22)11-14/h4-12H,3H2,1-2H3,(H,24,28). The number of para-hydroxylation sites is 2. The van der Waals surface area contributed by atoms with E-state index in [2.05, 4.69) is 20.6 Å². The van der Waals surface area contributed by atoms with E-state index in [9.17, 15) is 4.79 Å². The van der Waals surface area contributed by atoms with Gasteiger partial charge in [-0.15, -0.1) is 10.2 Å². The molecule has 0 fully saturated rings. The second kappa shape index (κ2) is 7.89. The van der Waals surface area contributed by atoms with Gasteiger partial charge in [-0.25, -0.2) is 4.52 Å². The van der Waals surface area contributed by atoms with Crippen molar-refractivity contribution in [2.24, 2.45) is 0 Å². The van der Waals surface area contributed by atoms with E-state index in [0.29, 0.717) is 34.4 Å². The molecule has 2 aromatic carbocycles. The molecule has 1 N–H and O–H groups in total. The minimum atomic E-state index is -0.385. The molecule has 0 unspecified atom stereocenters. The highest BCUT2D eigenvalue weighted by Crippen LogP contribution is 2.27. The van der Waals surface area contributed by atoms with Crippen molar-refractivity contribution < 1.29 is 9.53 Å². The average molecular weight is 408 g/mol. The molecule has 2 aromatic heterocycles. The van der Waals surface area contributed by atoms with Crippen LogP contribution >= 0.6 is 11.6 Å². The summed E-state index contributed by atoms with van der Waals surface area (Å²) >= 11 is 6.10. The first-order chi connectivity index (χ1) is 14.1. The Morgan fingerprint density at radius 1 is 1.17 bits per heavy atom. The van der Waals surface area contributed by atoms with E-state index >= 15 is 0 Å². The highest BCUT2D eigenvalue weighted by atomic mass is 35.5. The van der Waals surface area contributed by atoms with Gasteiger partial charge in [0.2, 0.25) is 0 Å². The molecule has 0 radical (unpaired) electrons. The summed E-state index contributed by atoms with van der Waals surface area (Å²) in [5.41, 5.74) is 3.55. The first-order valence-corrected chi connectivity index (χ1v) is 9.46. The van der Waals surface area contributed by atoms with Crippen LogP contribution in [0.4, 0.5) is 5.69 Å². The van der Waals surface area contributed by atoms with E-state index in [1.54, 1.807) is 35.8 Å². The number of carbonyl (C=O) groups excluding carboxylic acids is 1. The van der Waals surface area contributed by atoms with Crippen LogP contribution < -0.4 is 10.1 Å². The maximum Gasteiger partial charge on any atom is 0.278 e. The van der Waals surface area contributed by atoms with Gasteiger partial charge in [0.25, 0.3) is 5.91 Å². The largest absolute Gasteiger partial charge is 0.492 e. The second-order valence-corrected chi connectivity index (χ2v) is 6.76. The van der Waals surface area contributed by atoms with Crippen LogP contribution in [0.2, 0.25) is 5.02 Å². The van der Waals surface area contributed by atoms with E-state index in [-0.39, 0.29) is 11.6 Å². The first-order valence-electron chi connectivity index (χ1n) is 9.08. The lowest BCUT2D eigenvalue weighted by Gasteiger charge is -2.12. The molecule has 4 rings (SSSR count). The summed E-state index contributed by atoms with van der Waals surface area (Å²) in [6.45, 7) is 4.16. The minimum Gasteiger partial charge on any atom is -0.492 e. The number of benzene rings is 2. The summed E-state index contributed by atoms with van der Waals surface area (Å²) < 4.78 is 7.16. The molecule has 1 amide bonds. The number of hydrogen-bond acceptors (Lipinski definition) is 5. The molecule has 0 saturated carbocycles. The third kappa shape index (κ3) is 3.64. The summed E-state index contributed by atoms with van der Waals surface area (Å²) in [6, 6.07) is 14.7. The van der Waals surface area contributed by atoms with E-state index in [0.717, 1.165) is 11.1 Å². The highest BCUT2D eigenvalue weighted by molar-refractivity contribution is 6.30. The lowest BCUT2D eigenvalue weighted by atomic mass is 10.1. The van der Waals surface area contributed by atoms with Gasteiger partial charge in [-0.1, -0.05) is 35.9 Å². The third-order valence-electron chi connectivity index (χ3n) is 4.43. The molecule has 0 spiro atoms. The predicted molar refractivity (Wildman–Crippen MR) is 112 cm³/mol. The zero-order chi connectivity index (χ0) is 20.4. The number of nitrogens with one attached hydrogen (secondary N) is 1. The Morgan fingerprint density at radius 2 is 2.00 bits per heavy atom. The van der Waals surface area contributed by atoms with Crippen molar-refractivity contribution in [2.45, 2.75) is 13.8 Å². The highest BCUT2D eigenvalue weighted by Gasteiger charge is 2.19.